The van der Waals surface area contributed by atoms with Crippen molar-refractivity contribution in [1.82, 2.24) is 0 Å². The van der Waals surface area contributed by atoms with Crippen LogP contribution in [0.5, 0.6) is 5.75 Å². The minimum absolute atomic E-state index is 0.242. The maximum atomic E-state index is 12.0. The van der Waals surface area contributed by atoms with Crippen LogP contribution in [0.15, 0.2) is 42.5 Å². The van der Waals surface area contributed by atoms with Gasteiger partial charge in [0.1, 0.15) is 5.75 Å². The van der Waals surface area contributed by atoms with Gasteiger partial charge in [0, 0.05) is 5.69 Å². The molecule has 0 radical (unpaired) electrons. The molecule has 0 spiro atoms. The second kappa shape index (κ2) is 8.33. The van der Waals surface area contributed by atoms with Crippen molar-refractivity contribution >= 4 is 17.6 Å². The van der Waals surface area contributed by atoms with E-state index in [1.54, 1.807) is 12.1 Å². The fraction of sp³-hybridized carbons (Fsp3) is 0.300. The van der Waals surface area contributed by atoms with E-state index in [1.165, 1.54) is 6.92 Å². The second-order valence-electron chi connectivity index (χ2n) is 6.00. The van der Waals surface area contributed by atoms with Gasteiger partial charge in [-0.1, -0.05) is 35.9 Å². The third-order valence-electron chi connectivity index (χ3n) is 3.66. The molecule has 0 bridgehead atoms. The van der Waals surface area contributed by atoms with Crippen LogP contribution in [0, 0.1) is 20.8 Å². The van der Waals surface area contributed by atoms with E-state index >= 15 is 0 Å². The summed E-state index contributed by atoms with van der Waals surface area (Å²) in [5.74, 6) is -0.304. The first-order valence-corrected chi connectivity index (χ1v) is 8.13. The van der Waals surface area contributed by atoms with Crippen LogP contribution in [0.1, 0.15) is 23.6 Å². The maximum absolute atomic E-state index is 12.0. The van der Waals surface area contributed by atoms with E-state index in [4.69, 9.17) is 9.47 Å². The molecule has 0 aliphatic heterocycles. The lowest BCUT2D eigenvalue weighted by Gasteiger charge is -2.15. The van der Waals surface area contributed by atoms with Crippen LogP contribution >= 0.6 is 0 Å². The average molecular weight is 341 g/mol. The molecule has 2 aromatic carbocycles. The number of para-hydroxylation sites is 1. The van der Waals surface area contributed by atoms with E-state index < -0.39 is 12.1 Å². The molecule has 0 saturated carbocycles. The molecule has 1 amide bonds. The van der Waals surface area contributed by atoms with Gasteiger partial charge in [-0.05, 0) is 51.0 Å². The molecule has 2 rings (SSSR count). The molecule has 0 aromatic heterocycles. The van der Waals surface area contributed by atoms with Crippen LogP contribution in [-0.4, -0.2) is 24.6 Å². The second-order valence-corrected chi connectivity index (χ2v) is 6.00. The molecular formula is C20H23NO4. The van der Waals surface area contributed by atoms with Gasteiger partial charge >= 0.3 is 5.97 Å². The normalized spacial score (nSPS) is 11.5. The SMILES string of the molecule is Cc1cc(C)c(OCC(=O)O[C@@H](C)C(=O)Nc2ccccc2)c(C)c1. The summed E-state index contributed by atoms with van der Waals surface area (Å²) in [5.41, 5.74) is 3.70. The third-order valence-corrected chi connectivity index (χ3v) is 3.66. The number of esters is 1. The van der Waals surface area contributed by atoms with Crippen LogP contribution < -0.4 is 10.1 Å². The predicted molar refractivity (Wildman–Crippen MR) is 96.8 cm³/mol. The molecule has 0 aliphatic carbocycles. The summed E-state index contributed by atoms with van der Waals surface area (Å²) < 4.78 is 10.7. The molecule has 0 aliphatic rings. The zero-order valence-corrected chi connectivity index (χ0v) is 15.0. The Morgan fingerprint density at radius 2 is 1.64 bits per heavy atom. The van der Waals surface area contributed by atoms with Crippen LogP contribution in [0.3, 0.4) is 0 Å². The van der Waals surface area contributed by atoms with E-state index in [9.17, 15) is 9.59 Å². The zero-order chi connectivity index (χ0) is 18.4. The molecule has 0 saturated heterocycles. The summed E-state index contributed by atoms with van der Waals surface area (Å²) in [5, 5.41) is 2.69. The van der Waals surface area contributed by atoms with Gasteiger partial charge in [0.2, 0.25) is 0 Å². The van der Waals surface area contributed by atoms with Crippen molar-refractivity contribution in [2.75, 3.05) is 11.9 Å². The van der Waals surface area contributed by atoms with Gasteiger partial charge < -0.3 is 14.8 Å². The van der Waals surface area contributed by atoms with Crippen molar-refractivity contribution in [3.63, 3.8) is 0 Å². The average Bonchev–Trinajstić information content (AvgIpc) is 2.54. The number of carbonyl (C=O) groups excluding carboxylic acids is 2. The van der Waals surface area contributed by atoms with Crippen LogP contribution in [0.4, 0.5) is 5.69 Å². The fourth-order valence-electron chi connectivity index (χ4n) is 2.58. The first-order valence-electron chi connectivity index (χ1n) is 8.13. The van der Waals surface area contributed by atoms with E-state index in [0.29, 0.717) is 11.4 Å². The lowest BCUT2D eigenvalue weighted by atomic mass is 10.1. The molecule has 1 atom stereocenters. The monoisotopic (exact) mass is 341 g/mol. The number of anilines is 1. The summed E-state index contributed by atoms with van der Waals surface area (Å²) in [6.45, 7) is 7.14. The van der Waals surface area contributed by atoms with Gasteiger partial charge in [0.15, 0.2) is 12.7 Å². The van der Waals surface area contributed by atoms with Gasteiger partial charge in [0.05, 0.1) is 0 Å². The van der Waals surface area contributed by atoms with Crippen molar-refractivity contribution < 1.29 is 19.1 Å². The van der Waals surface area contributed by atoms with Crippen LogP contribution in [0.2, 0.25) is 0 Å². The van der Waals surface area contributed by atoms with Crippen molar-refractivity contribution in [2.45, 2.75) is 33.8 Å². The van der Waals surface area contributed by atoms with Gasteiger partial charge in [0.25, 0.3) is 5.91 Å². The number of carbonyl (C=O) groups is 2. The Kier molecular flexibility index (Phi) is 6.17. The highest BCUT2D eigenvalue weighted by Gasteiger charge is 2.18. The Morgan fingerprint density at radius 3 is 2.24 bits per heavy atom. The topological polar surface area (TPSA) is 64.6 Å². The molecular weight excluding hydrogens is 318 g/mol. The van der Waals surface area contributed by atoms with Crippen molar-refractivity contribution in [1.29, 1.82) is 0 Å². The van der Waals surface area contributed by atoms with Gasteiger partial charge in [-0.15, -0.1) is 0 Å². The summed E-state index contributed by atoms with van der Waals surface area (Å²) in [7, 11) is 0. The highest BCUT2D eigenvalue weighted by molar-refractivity contribution is 5.95. The minimum Gasteiger partial charge on any atom is -0.481 e. The smallest absolute Gasteiger partial charge is 0.344 e. The Hall–Kier alpha value is -2.82. The molecule has 5 nitrogen and oxygen atoms in total. The molecule has 0 fully saturated rings. The van der Waals surface area contributed by atoms with Crippen molar-refractivity contribution in [2.24, 2.45) is 0 Å². The number of rotatable bonds is 6. The Labute approximate surface area is 148 Å². The van der Waals surface area contributed by atoms with Crippen LogP contribution in [-0.2, 0) is 14.3 Å². The first kappa shape index (κ1) is 18.5. The number of hydrogen-bond acceptors (Lipinski definition) is 4. The fourth-order valence-corrected chi connectivity index (χ4v) is 2.58. The number of ether oxygens (including phenoxy) is 2. The molecule has 2 aromatic rings. The summed E-state index contributed by atoms with van der Waals surface area (Å²) in [4.78, 5) is 24.0. The van der Waals surface area contributed by atoms with Gasteiger partial charge in [-0.25, -0.2) is 4.79 Å². The molecule has 25 heavy (non-hydrogen) atoms. The largest absolute Gasteiger partial charge is 0.481 e. The molecule has 0 heterocycles. The zero-order valence-electron chi connectivity index (χ0n) is 15.0. The first-order chi connectivity index (χ1) is 11.9. The predicted octanol–water partition coefficient (Wildman–Crippen LogP) is 3.56. The standard InChI is InChI=1S/C20H23NO4/c1-13-10-14(2)19(15(3)11-13)24-12-18(22)25-16(4)20(23)21-17-8-6-5-7-9-17/h5-11,16H,12H2,1-4H3,(H,21,23)/t16-/m0/s1. The van der Waals surface area contributed by atoms with Gasteiger partial charge in [-0.3, -0.25) is 4.79 Å². The number of amides is 1. The van der Waals surface area contributed by atoms with Crippen molar-refractivity contribution in [3.05, 3.63) is 59.2 Å². The highest BCUT2D eigenvalue weighted by atomic mass is 16.6. The Morgan fingerprint density at radius 1 is 1.04 bits per heavy atom. The Bertz CT molecular complexity index is 733. The van der Waals surface area contributed by atoms with E-state index in [2.05, 4.69) is 5.32 Å². The summed E-state index contributed by atoms with van der Waals surface area (Å²) >= 11 is 0. The molecule has 132 valence electrons. The van der Waals surface area contributed by atoms with Gasteiger partial charge in [-0.2, -0.15) is 0 Å². The van der Waals surface area contributed by atoms with Crippen LogP contribution in [0.25, 0.3) is 0 Å². The van der Waals surface area contributed by atoms with Crippen molar-refractivity contribution in [3.8, 4) is 5.75 Å². The minimum atomic E-state index is -0.906. The lowest BCUT2D eigenvalue weighted by molar-refractivity contribution is -0.155. The van der Waals surface area contributed by atoms with E-state index in [-0.39, 0.29) is 12.5 Å². The number of hydrogen-bond donors (Lipinski definition) is 1. The number of aryl methyl sites for hydroxylation is 3. The number of benzene rings is 2. The number of nitrogens with one attached hydrogen (secondary N) is 1. The van der Waals surface area contributed by atoms with E-state index in [1.807, 2.05) is 51.1 Å². The summed E-state index contributed by atoms with van der Waals surface area (Å²) in [6.07, 6.45) is -0.906. The molecule has 5 heteroatoms. The Balaban J connectivity index is 1.86. The molecule has 1 N–H and O–H groups in total. The molecule has 0 unspecified atom stereocenters. The summed E-state index contributed by atoms with van der Waals surface area (Å²) in [6, 6.07) is 13.0. The third kappa shape index (κ3) is 5.35. The quantitative estimate of drug-likeness (QED) is 0.816. The highest BCUT2D eigenvalue weighted by Crippen LogP contribution is 2.24. The lowest BCUT2D eigenvalue weighted by Crippen LogP contribution is -2.31. The maximum Gasteiger partial charge on any atom is 0.344 e. The van der Waals surface area contributed by atoms with E-state index in [0.717, 1.165) is 16.7 Å².